The first kappa shape index (κ1) is 21.5. The molecule has 0 radical (unpaired) electrons. The summed E-state index contributed by atoms with van der Waals surface area (Å²) in [5.74, 6) is 0.568. The molecule has 1 amide bonds. The first-order chi connectivity index (χ1) is 16.4. The van der Waals surface area contributed by atoms with Crippen LogP contribution in [0.4, 0.5) is 11.4 Å². The smallest absolute Gasteiger partial charge is 0.255 e. The van der Waals surface area contributed by atoms with Crippen LogP contribution in [0.2, 0.25) is 5.02 Å². The van der Waals surface area contributed by atoms with Gasteiger partial charge in [0.05, 0.1) is 29.7 Å². The van der Waals surface area contributed by atoms with Gasteiger partial charge in [-0.1, -0.05) is 17.7 Å². The average Bonchev–Trinajstić information content (AvgIpc) is 3.49. The zero-order chi connectivity index (χ0) is 23.5. The van der Waals surface area contributed by atoms with Crippen LogP contribution in [0.3, 0.4) is 0 Å². The molecule has 3 N–H and O–H groups in total. The summed E-state index contributed by atoms with van der Waals surface area (Å²) in [7, 11) is 0. The number of aromatic nitrogens is 2. The lowest BCUT2D eigenvalue weighted by molar-refractivity contribution is -0.152. The van der Waals surface area contributed by atoms with Crippen LogP contribution in [-0.4, -0.2) is 41.2 Å². The molecule has 2 fully saturated rings. The second kappa shape index (κ2) is 7.75. The minimum Gasteiger partial charge on any atom is -0.488 e. The number of benzene rings is 1. The number of ether oxygens (including phenoxy) is 2. The Labute approximate surface area is 203 Å². The van der Waals surface area contributed by atoms with Gasteiger partial charge in [-0.3, -0.25) is 9.78 Å². The number of carbonyl (C=O) groups excluding carboxylic acids is 1. The second-order valence-corrected chi connectivity index (χ2v) is 10.2. The normalized spacial score (nSPS) is 22.0. The molecule has 2 aromatic heterocycles. The van der Waals surface area contributed by atoms with E-state index in [1.165, 1.54) is 0 Å². The third-order valence-electron chi connectivity index (χ3n) is 7.39. The van der Waals surface area contributed by atoms with E-state index >= 15 is 0 Å². The summed E-state index contributed by atoms with van der Waals surface area (Å²) >= 11 is 6.40. The van der Waals surface area contributed by atoms with Crippen molar-refractivity contribution >= 4 is 28.9 Å². The van der Waals surface area contributed by atoms with E-state index in [-0.39, 0.29) is 16.9 Å². The first-order valence-corrected chi connectivity index (χ1v) is 12.0. The number of pyridine rings is 1. The van der Waals surface area contributed by atoms with E-state index in [1.807, 2.05) is 31.2 Å². The fourth-order valence-corrected chi connectivity index (χ4v) is 5.00. The van der Waals surface area contributed by atoms with Crippen molar-refractivity contribution in [3.63, 3.8) is 0 Å². The number of nitrogens with one attached hydrogen (secondary N) is 3. The van der Waals surface area contributed by atoms with E-state index in [4.69, 9.17) is 21.1 Å². The van der Waals surface area contributed by atoms with Gasteiger partial charge in [0, 0.05) is 46.5 Å². The summed E-state index contributed by atoms with van der Waals surface area (Å²) in [6.07, 6.45) is 6.52. The van der Waals surface area contributed by atoms with Crippen molar-refractivity contribution in [3.05, 3.63) is 58.5 Å². The molecule has 7 nitrogen and oxygen atoms in total. The highest BCUT2D eigenvalue weighted by atomic mass is 35.5. The van der Waals surface area contributed by atoms with Gasteiger partial charge in [-0.25, -0.2) is 0 Å². The monoisotopic (exact) mass is 478 g/mol. The molecule has 2 aliphatic heterocycles. The molecule has 1 aromatic carbocycles. The van der Waals surface area contributed by atoms with Crippen molar-refractivity contribution in [2.75, 3.05) is 25.1 Å². The average molecular weight is 479 g/mol. The van der Waals surface area contributed by atoms with Gasteiger partial charge in [-0.05, 0) is 50.5 Å². The molecule has 3 aliphatic rings. The third-order valence-corrected chi connectivity index (χ3v) is 7.80. The van der Waals surface area contributed by atoms with Crippen LogP contribution in [0, 0.1) is 6.92 Å². The lowest BCUT2D eigenvalue weighted by atomic mass is 9.93. The molecule has 3 aromatic rings. The van der Waals surface area contributed by atoms with Crippen molar-refractivity contribution in [2.24, 2.45) is 0 Å². The third kappa shape index (κ3) is 3.46. The van der Waals surface area contributed by atoms with Gasteiger partial charge >= 0.3 is 0 Å². The van der Waals surface area contributed by atoms with E-state index in [9.17, 15) is 4.79 Å². The maximum atomic E-state index is 13.1. The number of aromatic amines is 1. The summed E-state index contributed by atoms with van der Waals surface area (Å²) in [5, 5.41) is 7.29. The highest BCUT2D eigenvalue weighted by molar-refractivity contribution is 6.31. The number of fused-ring (bicyclic) bond motifs is 2. The van der Waals surface area contributed by atoms with E-state index in [2.05, 4.69) is 27.5 Å². The number of rotatable bonds is 6. The Morgan fingerprint density at radius 3 is 2.82 bits per heavy atom. The number of nitrogens with zero attached hydrogens (tertiary/aromatic N) is 1. The zero-order valence-corrected chi connectivity index (χ0v) is 20.0. The van der Waals surface area contributed by atoms with E-state index in [0.717, 1.165) is 59.8 Å². The topological polar surface area (TPSA) is 88.3 Å². The van der Waals surface area contributed by atoms with Crippen LogP contribution in [0.25, 0.3) is 11.3 Å². The number of halogens is 1. The molecule has 6 rings (SSSR count). The van der Waals surface area contributed by atoms with Crippen molar-refractivity contribution in [2.45, 2.75) is 44.1 Å². The predicted octanol–water partition coefficient (Wildman–Crippen LogP) is 5.11. The summed E-state index contributed by atoms with van der Waals surface area (Å²) in [5.41, 5.74) is 5.51. The first-order valence-electron chi connectivity index (χ1n) is 11.7. The van der Waals surface area contributed by atoms with Crippen LogP contribution in [0.5, 0.6) is 5.75 Å². The Balaban J connectivity index is 1.48. The van der Waals surface area contributed by atoms with Crippen LogP contribution in [-0.2, 0) is 10.2 Å². The maximum absolute atomic E-state index is 13.1. The molecule has 176 valence electrons. The Kier molecular flexibility index (Phi) is 4.90. The molecule has 1 aliphatic carbocycles. The van der Waals surface area contributed by atoms with Crippen molar-refractivity contribution in [3.8, 4) is 17.0 Å². The van der Waals surface area contributed by atoms with E-state index < -0.39 is 0 Å². The summed E-state index contributed by atoms with van der Waals surface area (Å²) < 4.78 is 11.9. The van der Waals surface area contributed by atoms with Crippen molar-refractivity contribution in [1.82, 2.24) is 15.3 Å². The van der Waals surface area contributed by atoms with Crippen LogP contribution in [0.1, 0.15) is 47.8 Å². The van der Waals surface area contributed by atoms with Crippen LogP contribution in [0.15, 0.2) is 36.7 Å². The largest absolute Gasteiger partial charge is 0.488 e. The number of H-pyrrole nitrogens is 1. The molecule has 1 unspecified atom stereocenters. The molecule has 1 spiro atoms. The number of hydrogen-bond donors (Lipinski definition) is 3. The minimum atomic E-state index is -0.279. The summed E-state index contributed by atoms with van der Waals surface area (Å²) in [6, 6.07) is 7.65. The fraction of sp³-hybridized carbons (Fsp3) is 0.385. The van der Waals surface area contributed by atoms with Gasteiger partial charge in [0.2, 0.25) is 0 Å². The van der Waals surface area contributed by atoms with Gasteiger partial charge in [0.1, 0.15) is 18.0 Å². The van der Waals surface area contributed by atoms with Crippen molar-refractivity contribution in [1.29, 1.82) is 0 Å². The molecule has 1 saturated heterocycles. The van der Waals surface area contributed by atoms with Gasteiger partial charge < -0.3 is 25.1 Å². The maximum Gasteiger partial charge on any atom is 0.255 e. The van der Waals surface area contributed by atoms with Crippen LogP contribution >= 0.6 is 11.6 Å². The van der Waals surface area contributed by atoms with Gasteiger partial charge in [-0.15, -0.1) is 0 Å². The Morgan fingerprint density at radius 2 is 2.09 bits per heavy atom. The number of amides is 1. The number of anilines is 2. The predicted molar refractivity (Wildman–Crippen MR) is 131 cm³/mol. The van der Waals surface area contributed by atoms with E-state index in [1.54, 1.807) is 12.4 Å². The quantitative estimate of drug-likeness (QED) is 0.458. The van der Waals surface area contributed by atoms with Crippen LogP contribution < -0.4 is 15.4 Å². The molecular weight excluding hydrogens is 452 g/mol. The number of carbonyl (C=O) groups is 1. The van der Waals surface area contributed by atoms with E-state index in [0.29, 0.717) is 29.5 Å². The van der Waals surface area contributed by atoms with Crippen molar-refractivity contribution < 1.29 is 14.3 Å². The molecule has 1 saturated carbocycles. The summed E-state index contributed by atoms with van der Waals surface area (Å²) in [6.45, 7) is 5.87. The number of hydrogen-bond acceptors (Lipinski definition) is 5. The highest BCUT2D eigenvalue weighted by Gasteiger charge is 2.51. The molecule has 4 heterocycles. The molecule has 0 bridgehead atoms. The summed E-state index contributed by atoms with van der Waals surface area (Å²) in [4.78, 5) is 21.1. The Hall–Kier alpha value is -3.03. The Bertz CT molecular complexity index is 1290. The van der Waals surface area contributed by atoms with Gasteiger partial charge in [-0.2, -0.15) is 0 Å². The SMILES string of the molecule is Cc1c(Cl)cccc1Nc1c(-c2ccncc2OCC2(C)CCO2)[nH]c2c1C(=O)NCC21CC1. The van der Waals surface area contributed by atoms with Gasteiger partial charge in [0.25, 0.3) is 5.91 Å². The highest BCUT2D eigenvalue weighted by Crippen LogP contribution is 2.54. The fourth-order valence-electron chi connectivity index (χ4n) is 4.83. The lowest BCUT2D eigenvalue weighted by Gasteiger charge is -2.38. The zero-order valence-electron chi connectivity index (χ0n) is 19.3. The van der Waals surface area contributed by atoms with Gasteiger partial charge in [0.15, 0.2) is 0 Å². The molecule has 34 heavy (non-hydrogen) atoms. The second-order valence-electron chi connectivity index (χ2n) is 9.83. The Morgan fingerprint density at radius 1 is 1.26 bits per heavy atom. The molecule has 8 heteroatoms. The lowest BCUT2D eigenvalue weighted by Crippen LogP contribution is -2.45. The molecular formula is C26H27ClN4O3. The molecule has 1 atom stereocenters. The standard InChI is InChI=1S/C26H27ClN4O3/c1-15-17(27)4-3-5-18(15)30-22-20-23(26(7-8-26)13-29-24(20)32)31-21(22)16-6-10-28-12-19(16)33-14-25(2)9-11-34-25/h3-6,10,12,30-31H,7-9,11,13-14H2,1-2H3,(H,29,32). The minimum absolute atomic E-state index is 0.0252.